The Balaban J connectivity index is 1.64. The molecule has 0 atom stereocenters. The molecule has 0 spiro atoms. The molecule has 0 bridgehead atoms. The summed E-state index contributed by atoms with van der Waals surface area (Å²) in [6, 6.07) is 22.6. The van der Waals surface area contributed by atoms with Crippen LogP contribution in [0.5, 0.6) is 5.75 Å². The van der Waals surface area contributed by atoms with Gasteiger partial charge in [0.05, 0.1) is 11.0 Å². The van der Waals surface area contributed by atoms with Crippen LogP contribution in [0.25, 0.3) is 21.8 Å². The molecule has 0 fully saturated rings. The van der Waals surface area contributed by atoms with Crippen molar-refractivity contribution < 1.29 is 4.74 Å². The third kappa shape index (κ3) is 3.13. The van der Waals surface area contributed by atoms with Gasteiger partial charge in [-0.25, -0.2) is 4.98 Å². The lowest BCUT2D eigenvalue weighted by atomic mass is 10.1. The zero-order valence-electron chi connectivity index (χ0n) is 14.3. The summed E-state index contributed by atoms with van der Waals surface area (Å²) in [4.78, 5) is 4.74. The number of hydrogen-bond acceptors (Lipinski definition) is 2. The molecule has 4 aromatic rings. The fraction of sp³-hybridized carbons (Fsp3) is 0.136. The van der Waals surface area contributed by atoms with Gasteiger partial charge in [-0.2, -0.15) is 0 Å². The lowest BCUT2D eigenvalue weighted by Crippen LogP contribution is -2.08. The number of nitrogens with zero attached hydrogens (tertiary/aromatic N) is 2. The first-order chi connectivity index (χ1) is 12.2. The highest BCUT2D eigenvalue weighted by molar-refractivity contribution is 5.83. The molecule has 0 amide bonds. The molecule has 25 heavy (non-hydrogen) atoms. The summed E-state index contributed by atoms with van der Waals surface area (Å²) < 4.78 is 8.22. The maximum Gasteiger partial charge on any atom is 0.148 e. The Morgan fingerprint density at radius 3 is 2.60 bits per heavy atom. The van der Waals surface area contributed by atoms with E-state index in [2.05, 4.69) is 41.5 Å². The molecule has 1 aromatic heterocycles. The van der Waals surface area contributed by atoms with Crippen molar-refractivity contribution in [3.8, 4) is 5.75 Å². The number of hydrogen-bond donors (Lipinski definition) is 0. The SMILES string of the molecule is C=C(C)Cn1c(COc2ccc3ccccc3c2)nc2ccccc21. The molecule has 3 heteroatoms. The monoisotopic (exact) mass is 328 g/mol. The summed E-state index contributed by atoms with van der Waals surface area (Å²) in [6.45, 7) is 7.25. The van der Waals surface area contributed by atoms with Crippen molar-refractivity contribution in [3.63, 3.8) is 0 Å². The molecule has 4 rings (SSSR count). The smallest absolute Gasteiger partial charge is 0.148 e. The Morgan fingerprint density at radius 2 is 1.76 bits per heavy atom. The minimum atomic E-state index is 0.431. The quantitative estimate of drug-likeness (QED) is 0.462. The zero-order chi connectivity index (χ0) is 17.2. The van der Waals surface area contributed by atoms with Crippen LogP contribution in [0.4, 0.5) is 0 Å². The maximum atomic E-state index is 6.04. The number of aromatic nitrogens is 2. The molecule has 0 aliphatic rings. The Kier molecular flexibility index (Phi) is 3.98. The van der Waals surface area contributed by atoms with E-state index in [1.807, 2.05) is 43.3 Å². The summed E-state index contributed by atoms with van der Waals surface area (Å²) in [5, 5.41) is 2.39. The van der Waals surface area contributed by atoms with E-state index in [4.69, 9.17) is 9.72 Å². The zero-order valence-corrected chi connectivity index (χ0v) is 14.3. The van der Waals surface area contributed by atoms with Crippen molar-refractivity contribution in [2.24, 2.45) is 0 Å². The summed E-state index contributed by atoms with van der Waals surface area (Å²) in [7, 11) is 0. The molecule has 1 heterocycles. The minimum absolute atomic E-state index is 0.431. The average molecular weight is 328 g/mol. The Bertz CT molecular complexity index is 1060. The summed E-state index contributed by atoms with van der Waals surface area (Å²) >= 11 is 0. The van der Waals surface area contributed by atoms with Crippen molar-refractivity contribution in [2.45, 2.75) is 20.1 Å². The lowest BCUT2D eigenvalue weighted by molar-refractivity contribution is 0.291. The van der Waals surface area contributed by atoms with Crippen molar-refractivity contribution in [3.05, 3.63) is 84.7 Å². The number of ether oxygens (including phenoxy) is 1. The highest BCUT2D eigenvalue weighted by Gasteiger charge is 2.11. The third-order valence-corrected chi connectivity index (χ3v) is 4.25. The van der Waals surface area contributed by atoms with Gasteiger partial charge in [0.2, 0.25) is 0 Å². The standard InChI is InChI=1S/C22H20N2O/c1-16(2)14-24-21-10-6-5-9-20(21)23-22(24)15-25-19-12-11-17-7-3-4-8-18(17)13-19/h3-13H,1,14-15H2,2H3. The van der Waals surface area contributed by atoms with Gasteiger partial charge in [-0.3, -0.25) is 0 Å². The van der Waals surface area contributed by atoms with Gasteiger partial charge in [-0.15, -0.1) is 0 Å². The summed E-state index contributed by atoms with van der Waals surface area (Å²) in [6.07, 6.45) is 0. The second-order valence-electron chi connectivity index (χ2n) is 6.36. The van der Waals surface area contributed by atoms with E-state index in [0.717, 1.165) is 34.7 Å². The van der Waals surface area contributed by atoms with Crippen LogP contribution in [0.2, 0.25) is 0 Å². The highest BCUT2D eigenvalue weighted by Crippen LogP contribution is 2.23. The van der Waals surface area contributed by atoms with Crippen molar-refractivity contribution >= 4 is 21.8 Å². The van der Waals surface area contributed by atoms with Crippen molar-refractivity contribution in [2.75, 3.05) is 0 Å². The van der Waals surface area contributed by atoms with Crippen molar-refractivity contribution in [1.82, 2.24) is 9.55 Å². The van der Waals surface area contributed by atoms with Gasteiger partial charge >= 0.3 is 0 Å². The van der Waals surface area contributed by atoms with E-state index in [0.29, 0.717) is 6.61 Å². The highest BCUT2D eigenvalue weighted by atomic mass is 16.5. The molecule has 0 saturated carbocycles. The van der Waals surface area contributed by atoms with Crippen LogP contribution in [-0.4, -0.2) is 9.55 Å². The predicted molar refractivity (Wildman–Crippen MR) is 103 cm³/mol. The van der Waals surface area contributed by atoms with Crippen LogP contribution in [0.3, 0.4) is 0 Å². The number of benzene rings is 3. The van der Waals surface area contributed by atoms with Gasteiger partial charge in [-0.05, 0) is 42.0 Å². The van der Waals surface area contributed by atoms with Crippen LogP contribution in [-0.2, 0) is 13.2 Å². The molecular formula is C22H20N2O. The molecule has 0 N–H and O–H groups in total. The minimum Gasteiger partial charge on any atom is -0.486 e. The van der Waals surface area contributed by atoms with Crippen LogP contribution in [0.15, 0.2) is 78.9 Å². The Morgan fingerprint density at radius 1 is 1.00 bits per heavy atom. The first-order valence-corrected chi connectivity index (χ1v) is 8.41. The van der Waals surface area contributed by atoms with Gasteiger partial charge in [-0.1, -0.05) is 54.6 Å². The van der Waals surface area contributed by atoms with Crippen LogP contribution >= 0.6 is 0 Å². The average Bonchev–Trinajstić information content (AvgIpc) is 2.97. The molecule has 3 aromatic carbocycles. The number of imidazole rings is 1. The van der Waals surface area contributed by atoms with Crippen LogP contribution in [0, 0.1) is 0 Å². The van der Waals surface area contributed by atoms with E-state index in [1.165, 1.54) is 10.8 Å². The van der Waals surface area contributed by atoms with E-state index in [9.17, 15) is 0 Å². The molecular weight excluding hydrogens is 308 g/mol. The van der Waals surface area contributed by atoms with Crippen LogP contribution < -0.4 is 4.74 Å². The number of rotatable bonds is 5. The van der Waals surface area contributed by atoms with E-state index >= 15 is 0 Å². The topological polar surface area (TPSA) is 27.1 Å². The number of fused-ring (bicyclic) bond motifs is 2. The molecule has 3 nitrogen and oxygen atoms in total. The number of allylic oxidation sites excluding steroid dienone is 1. The molecule has 0 unspecified atom stereocenters. The normalized spacial score (nSPS) is 11.1. The molecule has 124 valence electrons. The summed E-state index contributed by atoms with van der Waals surface area (Å²) in [5.41, 5.74) is 3.19. The molecule has 0 aliphatic heterocycles. The van der Waals surface area contributed by atoms with Gasteiger partial charge in [0.1, 0.15) is 18.2 Å². The predicted octanol–water partition coefficient (Wildman–Crippen LogP) is 5.34. The summed E-state index contributed by atoms with van der Waals surface area (Å²) in [5.74, 6) is 1.77. The second kappa shape index (κ2) is 6.44. The molecule has 0 aliphatic carbocycles. The Labute approximate surface area is 147 Å². The second-order valence-corrected chi connectivity index (χ2v) is 6.36. The fourth-order valence-corrected chi connectivity index (χ4v) is 3.09. The van der Waals surface area contributed by atoms with Crippen LogP contribution in [0.1, 0.15) is 12.7 Å². The van der Waals surface area contributed by atoms with Gasteiger partial charge in [0.15, 0.2) is 0 Å². The van der Waals surface area contributed by atoms with Gasteiger partial charge in [0.25, 0.3) is 0 Å². The van der Waals surface area contributed by atoms with Crippen molar-refractivity contribution in [1.29, 1.82) is 0 Å². The molecule has 0 saturated heterocycles. The van der Waals surface area contributed by atoms with Gasteiger partial charge < -0.3 is 9.30 Å². The first-order valence-electron chi connectivity index (χ1n) is 8.41. The third-order valence-electron chi connectivity index (χ3n) is 4.25. The maximum absolute atomic E-state index is 6.04. The van der Waals surface area contributed by atoms with E-state index < -0.39 is 0 Å². The van der Waals surface area contributed by atoms with E-state index in [-0.39, 0.29) is 0 Å². The first kappa shape index (κ1) is 15.5. The lowest BCUT2D eigenvalue weighted by Gasteiger charge is -2.11. The fourth-order valence-electron chi connectivity index (χ4n) is 3.09. The number of para-hydroxylation sites is 2. The Hall–Kier alpha value is -3.07. The van der Waals surface area contributed by atoms with Gasteiger partial charge in [0, 0.05) is 6.54 Å². The largest absolute Gasteiger partial charge is 0.486 e. The molecule has 0 radical (unpaired) electrons. The van der Waals surface area contributed by atoms with E-state index in [1.54, 1.807) is 0 Å².